The van der Waals surface area contributed by atoms with Gasteiger partial charge in [0.1, 0.15) is 12.6 Å². The molecule has 2 rings (SSSR count). The van der Waals surface area contributed by atoms with E-state index >= 15 is 0 Å². The Labute approximate surface area is 129 Å². The van der Waals surface area contributed by atoms with E-state index in [1.54, 1.807) is 0 Å². The molecule has 1 aromatic heterocycles. The van der Waals surface area contributed by atoms with Gasteiger partial charge in [-0.1, -0.05) is 26.0 Å². The lowest BCUT2D eigenvalue weighted by molar-refractivity contribution is -0.152. The first-order valence-electron chi connectivity index (χ1n) is 7.58. The van der Waals surface area contributed by atoms with Crippen LogP contribution in [0.5, 0.6) is 0 Å². The summed E-state index contributed by atoms with van der Waals surface area (Å²) in [4.78, 5) is 22.9. The molecule has 1 saturated carbocycles. The molecular weight excluding hydrogens is 286 g/mol. The first-order chi connectivity index (χ1) is 10.3. The number of carbonyl (C=O) groups excluding carboxylic acids is 1. The van der Waals surface area contributed by atoms with E-state index < -0.39 is 11.9 Å². The molecule has 122 valence electrons. The predicted octanol–water partition coefficient (Wildman–Crippen LogP) is 2.12. The van der Waals surface area contributed by atoms with Gasteiger partial charge in [-0.05, 0) is 37.0 Å². The highest BCUT2D eigenvalue weighted by Crippen LogP contribution is 2.38. The Morgan fingerprint density at radius 3 is 2.50 bits per heavy atom. The number of carboxylic acids is 1. The average molecular weight is 309 g/mol. The molecule has 0 saturated heterocycles. The zero-order valence-corrected chi connectivity index (χ0v) is 13.3. The normalized spacial score (nSPS) is 22.3. The van der Waals surface area contributed by atoms with Crippen LogP contribution in [0.3, 0.4) is 0 Å². The van der Waals surface area contributed by atoms with Crippen LogP contribution in [0.25, 0.3) is 0 Å². The summed E-state index contributed by atoms with van der Waals surface area (Å²) in [5, 5.41) is 16.0. The van der Waals surface area contributed by atoms with Gasteiger partial charge in [0, 0.05) is 0 Å². The van der Waals surface area contributed by atoms with Gasteiger partial charge in [-0.3, -0.25) is 4.79 Å². The number of nitrogens with zero attached hydrogens (tertiary/aromatic N) is 3. The van der Waals surface area contributed by atoms with Crippen molar-refractivity contribution in [1.29, 1.82) is 0 Å². The molecule has 0 radical (unpaired) electrons. The summed E-state index contributed by atoms with van der Waals surface area (Å²) < 4.78 is 6.49. The number of hydrogen-bond donors (Lipinski definition) is 1. The van der Waals surface area contributed by atoms with Crippen molar-refractivity contribution < 1.29 is 19.4 Å². The molecule has 1 N–H and O–H groups in total. The molecule has 0 spiro atoms. The molecule has 0 amide bonds. The van der Waals surface area contributed by atoms with Crippen molar-refractivity contribution in [1.82, 2.24) is 15.0 Å². The number of rotatable bonds is 4. The number of ether oxygens (including phenoxy) is 1. The number of aromatic carboxylic acids is 1. The van der Waals surface area contributed by atoms with E-state index in [4.69, 9.17) is 9.84 Å². The second-order valence-corrected chi connectivity index (χ2v) is 6.91. The molecule has 0 aliphatic heterocycles. The van der Waals surface area contributed by atoms with Crippen LogP contribution in [-0.2, 0) is 16.1 Å². The molecular formula is C15H23N3O4. The highest BCUT2D eigenvalue weighted by molar-refractivity contribution is 5.85. The minimum absolute atomic E-state index is 0.0806. The van der Waals surface area contributed by atoms with E-state index in [2.05, 4.69) is 31.1 Å². The molecule has 7 heteroatoms. The van der Waals surface area contributed by atoms with Gasteiger partial charge in [-0.2, -0.15) is 0 Å². The Morgan fingerprint density at radius 2 is 1.95 bits per heavy atom. The first-order valence-corrected chi connectivity index (χ1v) is 7.58. The Balaban J connectivity index is 1.84. The van der Waals surface area contributed by atoms with Crippen molar-refractivity contribution in [3.05, 3.63) is 11.9 Å². The Kier molecular flexibility index (Phi) is 4.83. The molecule has 0 unspecified atom stereocenters. The van der Waals surface area contributed by atoms with Crippen LogP contribution < -0.4 is 0 Å². The minimum atomic E-state index is -1.16. The maximum atomic E-state index is 11.9. The first kappa shape index (κ1) is 16.5. The molecule has 0 aromatic carbocycles. The van der Waals surface area contributed by atoms with E-state index in [-0.39, 0.29) is 23.8 Å². The zero-order chi connectivity index (χ0) is 16.3. The average Bonchev–Trinajstić information content (AvgIpc) is 2.86. The van der Waals surface area contributed by atoms with Crippen molar-refractivity contribution >= 4 is 11.9 Å². The summed E-state index contributed by atoms with van der Waals surface area (Å²) in [5.74, 6) is -0.980. The van der Waals surface area contributed by atoms with Crippen LogP contribution in [0.1, 0.15) is 56.9 Å². The van der Waals surface area contributed by atoms with Crippen LogP contribution in [0.2, 0.25) is 0 Å². The SMILES string of the molecule is CC(C)(C)C1CCC(OC(=O)Cn2nncc2C(=O)O)CC1. The van der Waals surface area contributed by atoms with E-state index in [1.807, 2.05) is 0 Å². The van der Waals surface area contributed by atoms with Crippen molar-refractivity contribution in [2.75, 3.05) is 0 Å². The maximum Gasteiger partial charge on any atom is 0.355 e. The Morgan fingerprint density at radius 1 is 1.32 bits per heavy atom. The van der Waals surface area contributed by atoms with Crippen LogP contribution >= 0.6 is 0 Å². The number of aromatic nitrogens is 3. The third-order valence-electron chi connectivity index (χ3n) is 4.31. The fourth-order valence-electron chi connectivity index (χ4n) is 2.93. The summed E-state index contributed by atoms with van der Waals surface area (Å²) in [7, 11) is 0. The van der Waals surface area contributed by atoms with Crippen LogP contribution in [-0.4, -0.2) is 38.1 Å². The summed E-state index contributed by atoms with van der Waals surface area (Å²) in [6.07, 6.45) is 4.84. The van der Waals surface area contributed by atoms with E-state index in [9.17, 15) is 9.59 Å². The van der Waals surface area contributed by atoms with Crippen molar-refractivity contribution in [3.63, 3.8) is 0 Å². The lowest BCUT2D eigenvalue weighted by Crippen LogP contribution is -2.31. The van der Waals surface area contributed by atoms with Gasteiger partial charge in [0.25, 0.3) is 0 Å². The topological polar surface area (TPSA) is 94.3 Å². The number of hydrogen-bond acceptors (Lipinski definition) is 5. The number of carbonyl (C=O) groups is 2. The second-order valence-electron chi connectivity index (χ2n) is 6.91. The Bertz CT molecular complexity index is 539. The smallest absolute Gasteiger partial charge is 0.355 e. The van der Waals surface area contributed by atoms with Gasteiger partial charge in [0.2, 0.25) is 0 Å². The molecule has 7 nitrogen and oxygen atoms in total. The fraction of sp³-hybridized carbons (Fsp3) is 0.733. The fourth-order valence-corrected chi connectivity index (χ4v) is 2.93. The molecule has 1 fully saturated rings. The summed E-state index contributed by atoms with van der Waals surface area (Å²) in [6.45, 7) is 6.49. The molecule has 1 aliphatic carbocycles. The largest absolute Gasteiger partial charge is 0.476 e. The van der Waals surface area contributed by atoms with E-state index in [0.717, 1.165) is 36.6 Å². The van der Waals surface area contributed by atoms with Crippen LogP contribution in [0, 0.1) is 11.3 Å². The number of esters is 1. The molecule has 0 bridgehead atoms. The molecule has 0 atom stereocenters. The van der Waals surface area contributed by atoms with Crippen molar-refractivity contribution in [2.45, 2.75) is 59.1 Å². The predicted molar refractivity (Wildman–Crippen MR) is 78.3 cm³/mol. The lowest BCUT2D eigenvalue weighted by Gasteiger charge is -2.36. The third kappa shape index (κ3) is 4.05. The van der Waals surface area contributed by atoms with Gasteiger partial charge < -0.3 is 9.84 Å². The molecule has 1 aliphatic rings. The quantitative estimate of drug-likeness (QED) is 0.856. The number of carboxylic acid groups (broad SMARTS) is 1. The van der Waals surface area contributed by atoms with Gasteiger partial charge in [0.15, 0.2) is 5.69 Å². The molecule has 1 aromatic rings. The Hall–Kier alpha value is -1.92. The van der Waals surface area contributed by atoms with Crippen LogP contribution in [0.4, 0.5) is 0 Å². The highest BCUT2D eigenvalue weighted by atomic mass is 16.5. The maximum absolute atomic E-state index is 11.9. The lowest BCUT2D eigenvalue weighted by atomic mass is 9.72. The summed E-state index contributed by atoms with van der Waals surface area (Å²) in [6, 6.07) is 0. The third-order valence-corrected chi connectivity index (χ3v) is 4.31. The monoisotopic (exact) mass is 309 g/mol. The van der Waals surface area contributed by atoms with Gasteiger partial charge >= 0.3 is 11.9 Å². The van der Waals surface area contributed by atoms with Gasteiger partial charge in [-0.15, -0.1) is 5.10 Å². The van der Waals surface area contributed by atoms with Crippen LogP contribution in [0.15, 0.2) is 6.20 Å². The summed E-state index contributed by atoms with van der Waals surface area (Å²) in [5.41, 5.74) is 0.167. The standard InChI is InChI=1S/C15H23N3O4/c1-15(2,3)10-4-6-11(7-5-10)22-13(19)9-18-12(14(20)21)8-16-17-18/h8,10-11H,4-7,9H2,1-3H3,(H,20,21). The van der Waals surface area contributed by atoms with E-state index in [0.29, 0.717) is 5.92 Å². The minimum Gasteiger partial charge on any atom is -0.476 e. The highest BCUT2D eigenvalue weighted by Gasteiger charge is 2.31. The van der Waals surface area contributed by atoms with Crippen molar-refractivity contribution in [2.24, 2.45) is 11.3 Å². The molecule has 1 heterocycles. The summed E-state index contributed by atoms with van der Waals surface area (Å²) >= 11 is 0. The van der Waals surface area contributed by atoms with E-state index in [1.165, 1.54) is 0 Å². The molecule has 22 heavy (non-hydrogen) atoms. The zero-order valence-electron chi connectivity index (χ0n) is 13.3. The van der Waals surface area contributed by atoms with Crippen molar-refractivity contribution in [3.8, 4) is 0 Å². The van der Waals surface area contributed by atoms with Gasteiger partial charge in [-0.25, -0.2) is 9.48 Å². The van der Waals surface area contributed by atoms with Gasteiger partial charge in [0.05, 0.1) is 6.20 Å². The second kappa shape index (κ2) is 6.46.